The van der Waals surface area contributed by atoms with Gasteiger partial charge < -0.3 is 10.1 Å². The molecule has 3 heterocycles. The number of carbonyl (C=O) groups excluding carboxylic acids is 2. The molecule has 0 spiro atoms. The lowest BCUT2D eigenvalue weighted by Gasteiger charge is -2.25. The zero-order chi connectivity index (χ0) is 20.4. The van der Waals surface area contributed by atoms with Crippen LogP contribution in [-0.4, -0.2) is 46.3 Å². The van der Waals surface area contributed by atoms with Crippen molar-refractivity contribution >= 4 is 28.2 Å². The van der Waals surface area contributed by atoms with Crippen LogP contribution in [0.15, 0.2) is 6.07 Å². The highest BCUT2D eigenvalue weighted by atomic mass is 32.1. The molecule has 152 valence electrons. The van der Waals surface area contributed by atoms with E-state index in [0.29, 0.717) is 22.9 Å². The number of hydrogen-bond acceptors (Lipinski definition) is 6. The third-order valence-corrected chi connectivity index (χ3v) is 6.00. The fourth-order valence-electron chi connectivity index (χ4n) is 3.48. The zero-order valence-electron chi connectivity index (χ0n) is 17.2. The summed E-state index contributed by atoms with van der Waals surface area (Å²) in [6.07, 6.45) is 0.784. The summed E-state index contributed by atoms with van der Waals surface area (Å²) in [4.78, 5) is 29.1. The van der Waals surface area contributed by atoms with Crippen molar-refractivity contribution in [2.24, 2.45) is 0 Å². The number of nitrogens with zero attached hydrogens (tertiary/aromatic N) is 3. The number of amides is 1. The van der Waals surface area contributed by atoms with Gasteiger partial charge in [-0.2, -0.15) is 5.10 Å². The second-order valence-electron chi connectivity index (χ2n) is 7.21. The molecular weight excluding hydrogens is 376 g/mol. The van der Waals surface area contributed by atoms with E-state index >= 15 is 0 Å². The number of aromatic nitrogens is 2. The number of likely N-dealkylation sites (N-methyl/N-ethyl adjacent to an activating group) is 1. The molecule has 0 aliphatic carbocycles. The fourth-order valence-corrected chi connectivity index (χ4v) is 4.75. The van der Waals surface area contributed by atoms with Crippen LogP contribution in [0, 0.1) is 6.92 Å². The van der Waals surface area contributed by atoms with Crippen LogP contribution < -0.4 is 5.32 Å². The Labute approximate surface area is 169 Å². The van der Waals surface area contributed by atoms with Crippen LogP contribution in [0.25, 0.3) is 0 Å². The second kappa shape index (κ2) is 8.45. The number of anilines is 1. The number of hydrogen-bond donors (Lipinski definition) is 1. The highest BCUT2D eigenvalue weighted by molar-refractivity contribution is 7.17. The Morgan fingerprint density at radius 2 is 2.11 bits per heavy atom. The summed E-state index contributed by atoms with van der Waals surface area (Å²) in [5, 5.41) is 7.94. The van der Waals surface area contributed by atoms with Gasteiger partial charge in [0.1, 0.15) is 10.7 Å². The monoisotopic (exact) mass is 404 g/mol. The minimum atomic E-state index is -0.367. The van der Waals surface area contributed by atoms with Gasteiger partial charge >= 0.3 is 5.97 Å². The molecule has 2 aromatic heterocycles. The van der Waals surface area contributed by atoms with Gasteiger partial charge in [0, 0.05) is 24.0 Å². The third kappa shape index (κ3) is 3.98. The molecule has 1 aliphatic heterocycles. The Kier molecular flexibility index (Phi) is 6.20. The van der Waals surface area contributed by atoms with Gasteiger partial charge in [-0.3, -0.25) is 14.4 Å². The van der Waals surface area contributed by atoms with Crippen molar-refractivity contribution in [1.29, 1.82) is 0 Å². The lowest BCUT2D eigenvalue weighted by atomic mass is 10.0. The van der Waals surface area contributed by atoms with Crippen molar-refractivity contribution < 1.29 is 14.3 Å². The summed E-state index contributed by atoms with van der Waals surface area (Å²) in [5.41, 5.74) is 2.80. The molecule has 0 radical (unpaired) electrons. The van der Waals surface area contributed by atoms with E-state index in [1.54, 1.807) is 17.7 Å². The lowest BCUT2D eigenvalue weighted by molar-refractivity contribution is 0.0526. The number of carbonyl (C=O) groups is 2. The molecule has 1 amide bonds. The van der Waals surface area contributed by atoms with Gasteiger partial charge in [-0.15, -0.1) is 11.3 Å². The molecule has 1 N–H and O–H groups in total. The first kappa shape index (κ1) is 20.5. The van der Waals surface area contributed by atoms with Gasteiger partial charge in [-0.05, 0) is 52.3 Å². The number of thiophene rings is 1. The van der Waals surface area contributed by atoms with Crippen LogP contribution in [-0.2, 0) is 17.7 Å². The average molecular weight is 405 g/mol. The van der Waals surface area contributed by atoms with Crippen molar-refractivity contribution in [2.75, 3.05) is 25.0 Å². The van der Waals surface area contributed by atoms with Crippen molar-refractivity contribution in [3.05, 3.63) is 33.5 Å². The van der Waals surface area contributed by atoms with Gasteiger partial charge in [0.05, 0.1) is 17.9 Å². The molecule has 8 heteroatoms. The average Bonchev–Trinajstić information content (AvgIpc) is 3.21. The van der Waals surface area contributed by atoms with Gasteiger partial charge in [0.25, 0.3) is 5.91 Å². The Morgan fingerprint density at radius 1 is 1.36 bits per heavy atom. The predicted octanol–water partition coefficient (Wildman–Crippen LogP) is 3.64. The largest absolute Gasteiger partial charge is 0.462 e. The Morgan fingerprint density at radius 3 is 2.75 bits per heavy atom. The van der Waals surface area contributed by atoms with Gasteiger partial charge in [0.2, 0.25) is 0 Å². The predicted molar refractivity (Wildman–Crippen MR) is 110 cm³/mol. The summed E-state index contributed by atoms with van der Waals surface area (Å²) in [6, 6.07) is 1.83. The highest BCUT2D eigenvalue weighted by Crippen LogP contribution is 2.38. The van der Waals surface area contributed by atoms with E-state index in [0.717, 1.165) is 42.2 Å². The van der Waals surface area contributed by atoms with E-state index in [9.17, 15) is 9.59 Å². The summed E-state index contributed by atoms with van der Waals surface area (Å²) < 4.78 is 6.99. The zero-order valence-corrected chi connectivity index (χ0v) is 18.0. The molecule has 0 saturated carbocycles. The molecule has 0 fully saturated rings. The number of aryl methyl sites for hydroxylation is 1. The van der Waals surface area contributed by atoms with Crippen LogP contribution in [0.5, 0.6) is 0 Å². The maximum atomic E-state index is 13.0. The Bertz CT molecular complexity index is 884. The van der Waals surface area contributed by atoms with Crippen molar-refractivity contribution in [2.45, 2.75) is 53.6 Å². The molecule has 3 rings (SSSR count). The van der Waals surface area contributed by atoms with Crippen molar-refractivity contribution in [3.63, 3.8) is 0 Å². The summed E-state index contributed by atoms with van der Waals surface area (Å²) in [6.45, 7) is 12.7. The standard InChI is InChI=1S/C20H28N4O3S/c1-6-23-9-8-14-16(11-23)28-19(17(14)20(26)27-7-2)21-18(25)15-10-13(5)22-24(15)12(3)4/h10,12H,6-9,11H2,1-5H3,(H,21,25). The summed E-state index contributed by atoms with van der Waals surface area (Å²) in [5.74, 6) is -0.625. The Balaban J connectivity index is 1.96. The van der Waals surface area contributed by atoms with E-state index in [4.69, 9.17) is 4.74 Å². The molecule has 2 aromatic rings. The molecule has 0 bridgehead atoms. The molecular formula is C20H28N4O3S. The number of esters is 1. The minimum absolute atomic E-state index is 0.0635. The lowest BCUT2D eigenvalue weighted by Crippen LogP contribution is -2.30. The highest BCUT2D eigenvalue weighted by Gasteiger charge is 2.30. The molecule has 0 unspecified atom stereocenters. The van der Waals surface area contributed by atoms with Crippen LogP contribution in [0.3, 0.4) is 0 Å². The van der Waals surface area contributed by atoms with E-state index in [1.165, 1.54) is 11.3 Å². The SMILES string of the molecule is CCOC(=O)c1c(NC(=O)c2cc(C)nn2C(C)C)sc2c1CCN(CC)C2. The van der Waals surface area contributed by atoms with Crippen molar-refractivity contribution in [3.8, 4) is 0 Å². The van der Waals surface area contributed by atoms with Gasteiger partial charge in [-0.1, -0.05) is 6.92 Å². The van der Waals surface area contributed by atoms with Gasteiger partial charge in [-0.25, -0.2) is 4.79 Å². The maximum Gasteiger partial charge on any atom is 0.341 e. The topological polar surface area (TPSA) is 76.5 Å². The summed E-state index contributed by atoms with van der Waals surface area (Å²) in [7, 11) is 0. The Hall–Kier alpha value is -2.19. The van der Waals surface area contributed by atoms with Crippen molar-refractivity contribution in [1.82, 2.24) is 14.7 Å². The summed E-state index contributed by atoms with van der Waals surface area (Å²) >= 11 is 1.48. The first-order valence-corrected chi connectivity index (χ1v) is 10.6. The van der Waals surface area contributed by atoms with E-state index in [1.807, 2.05) is 20.8 Å². The molecule has 7 nitrogen and oxygen atoms in total. The molecule has 28 heavy (non-hydrogen) atoms. The number of rotatable bonds is 6. The molecule has 0 saturated heterocycles. The second-order valence-corrected chi connectivity index (χ2v) is 8.32. The molecule has 1 aliphatic rings. The van der Waals surface area contributed by atoms with Crippen LogP contribution >= 0.6 is 11.3 Å². The number of ether oxygens (including phenoxy) is 1. The van der Waals surface area contributed by atoms with Crippen LogP contribution in [0.2, 0.25) is 0 Å². The third-order valence-electron chi connectivity index (χ3n) is 4.87. The van der Waals surface area contributed by atoms with E-state index in [2.05, 4.69) is 22.2 Å². The number of nitrogens with one attached hydrogen (secondary N) is 1. The smallest absolute Gasteiger partial charge is 0.341 e. The van der Waals surface area contributed by atoms with E-state index in [-0.39, 0.29) is 17.9 Å². The first-order valence-electron chi connectivity index (χ1n) is 9.77. The number of fused-ring (bicyclic) bond motifs is 1. The minimum Gasteiger partial charge on any atom is -0.462 e. The fraction of sp³-hybridized carbons (Fsp3) is 0.550. The van der Waals surface area contributed by atoms with Crippen LogP contribution in [0.1, 0.15) is 70.7 Å². The van der Waals surface area contributed by atoms with Gasteiger partial charge in [0.15, 0.2) is 0 Å². The van der Waals surface area contributed by atoms with E-state index < -0.39 is 0 Å². The normalized spacial score (nSPS) is 14.2. The first-order chi connectivity index (χ1) is 13.3. The quantitative estimate of drug-likeness (QED) is 0.744. The molecule has 0 atom stereocenters. The van der Waals surface area contributed by atoms with Crippen LogP contribution in [0.4, 0.5) is 5.00 Å². The maximum absolute atomic E-state index is 13.0. The molecule has 0 aromatic carbocycles.